The predicted molar refractivity (Wildman–Crippen MR) is 54.2 cm³/mol. The molecular weight excluding hydrogens is 412 g/mol. The predicted octanol–water partition coefficient (Wildman–Crippen LogP) is -5.39. The van der Waals surface area contributed by atoms with E-state index in [1.54, 1.807) is 0 Å². The maximum absolute atomic E-state index is 10.2. The van der Waals surface area contributed by atoms with Crippen molar-refractivity contribution in [1.29, 1.82) is 0 Å². The fraction of sp³-hybridized carbons (Fsp3) is 1.00. The van der Waals surface area contributed by atoms with Crippen molar-refractivity contribution in [3.63, 3.8) is 0 Å². The fourth-order valence-corrected chi connectivity index (χ4v) is 1.83. The molecule has 0 amide bonds. The van der Waals surface area contributed by atoms with Gasteiger partial charge in [0.2, 0.25) is 5.79 Å². The number of hydrogen-bond acceptors (Lipinski definition) is 10. The molecule has 1 aliphatic rings. The Morgan fingerprint density at radius 1 is 1.26 bits per heavy atom. The summed E-state index contributed by atoms with van der Waals surface area (Å²) in [5.74, 6) is -2.59. The molecule has 1 aliphatic heterocycles. The second kappa shape index (κ2) is 7.63. The van der Waals surface area contributed by atoms with Crippen LogP contribution in [-0.4, -0.2) is 118 Å². The van der Waals surface area contributed by atoms with Crippen LogP contribution < -0.4 is 9.79 Å². The first-order chi connectivity index (χ1) is 8.10. The minimum Gasteiger partial charge on any atom is -0.790 e. The summed E-state index contributed by atoms with van der Waals surface area (Å²) < 4.78 is 18.7. The van der Waals surface area contributed by atoms with Gasteiger partial charge >= 0.3 is 48.9 Å². The number of phosphoric acid groups is 1. The van der Waals surface area contributed by atoms with Crippen LogP contribution in [0.5, 0.6) is 0 Å². The zero-order valence-electron chi connectivity index (χ0n) is 9.66. The SMILES string of the molecule is O=P([O-])([O-])OC[C@@H]1OC(O)(CO)[C@H](O)[C@@H](O)[C@H]1O.[Ba+2]. The van der Waals surface area contributed by atoms with E-state index >= 15 is 0 Å². The molecule has 1 fully saturated rings. The molecule has 108 valence electrons. The van der Waals surface area contributed by atoms with Crippen molar-refractivity contribution in [3.05, 3.63) is 0 Å². The summed E-state index contributed by atoms with van der Waals surface area (Å²) in [4.78, 5) is 20.5. The van der Waals surface area contributed by atoms with Crippen molar-refractivity contribution in [3.8, 4) is 0 Å². The van der Waals surface area contributed by atoms with E-state index in [0.717, 1.165) is 0 Å². The van der Waals surface area contributed by atoms with Gasteiger partial charge in [-0.25, -0.2) is 0 Å². The zero-order chi connectivity index (χ0) is 14.1. The Bertz CT molecular complexity index is 336. The Kier molecular flexibility index (Phi) is 8.21. The summed E-state index contributed by atoms with van der Waals surface area (Å²) in [6.45, 7) is -2.10. The summed E-state index contributed by atoms with van der Waals surface area (Å²) >= 11 is 0. The Hall–Kier alpha value is 1.44. The van der Waals surface area contributed by atoms with Gasteiger partial charge in [0.05, 0.1) is 21.0 Å². The van der Waals surface area contributed by atoms with Crippen molar-refractivity contribution in [2.45, 2.75) is 30.2 Å². The molecule has 0 bridgehead atoms. The summed E-state index contributed by atoms with van der Waals surface area (Å²) in [5, 5.41) is 46.5. The van der Waals surface area contributed by atoms with E-state index in [4.69, 9.17) is 5.11 Å². The van der Waals surface area contributed by atoms with Gasteiger partial charge in [-0.1, -0.05) is 0 Å². The Morgan fingerprint density at radius 3 is 2.21 bits per heavy atom. The topological polar surface area (TPSA) is 183 Å². The van der Waals surface area contributed by atoms with Crippen LogP contribution in [0.3, 0.4) is 0 Å². The maximum atomic E-state index is 10.2. The second-order valence-corrected chi connectivity index (χ2v) is 4.98. The first kappa shape index (κ1) is 20.4. The molecule has 1 unspecified atom stereocenters. The van der Waals surface area contributed by atoms with Gasteiger partial charge in [-0.15, -0.1) is 0 Å². The maximum Gasteiger partial charge on any atom is 2.00 e. The number of hydrogen-bond donors (Lipinski definition) is 5. The van der Waals surface area contributed by atoms with Gasteiger partial charge in [-0.3, -0.25) is 0 Å². The fourth-order valence-electron chi connectivity index (χ4n) is 1.50. The molecule has 1 saturated heterocycles. The standard InChI is InChI=1S/C7H15O10P.Ba/c8-2-7(12)6(11)5(10)4(9)3(17-7)1-16-18(13,14)15;/h3-6,8-12H,1-2H2,(H2,13,14,15);/q;+2/p-2/t3-,4-,5-,6+,7?;/m0./s1. The van der Waals surface area contributed by atoms with Gasteiger partial charge in [0, 0.05) is 0 Å². The molecule has 12 heteroatoms. The average molecular weight is 425 g/mol. The largest absolute Gasteiger partial charge is 2.00 e. The van der Waals surface area contributed by atoms with E-state index in [0.29, 0.717) is 0 Å². The Morgan fingerprint density at radius 2 is 1.79 bits per heavy atom. The van der Waals surface area contributed by atoms with Gasteiger partial charge in [0.15, 0.2) is 0 Å². The number of rotatable bonds is 4. The minimum absolute atomic E-state index is 0. The summed E-state index contributed by atoms with van der Waals surface area (Å²) in [7, 11) is -5.32. The van der Waals surface area contributed by atoms with Gasteiger partial charge in [-0.05, 0) is 0 Å². The van der Waals surface area contributed by atoms with Gasteiger partial charge < -0.3 is 49.1 Å². The molecule has 5 atom stereocenters. The van der Waals surface area contributed by atoms with Crippen molar-refractivity contribution < 1.29 is 49.1 Å². The molecule has 0 radical (unpaired) electrons. The van der Waals surface area contributed by atoms with Crippen LogP contribution >= 0.6 is 7.82 Å². The first-order valence-electron chi connectivity index (χ1n) is 4.82. The summed E-state index contributed by atoms with van der Waals surface area (Å²) in [5.41, 5.74) is 0. The average Bonchev–Trinajstić information content (AvgIpc) is 2.28. The molecule has 0 aliphatic carbocycles. The summed E-state index contributed by atoms with van der Waals surface area (Å²) in [6.07, 6.45) is -7.35. The Labute approximate surface area is 148 Å². The smallest absolute Gasteiger partial charge is 0.790 e. The molecular formula is C7H13BaO10P. The quantitative estimate of drug-likeness (QED) is 0.215. The molecule has 0 aromatic heterocycles. The van der Waals surface area contributed by atoms with E-state index in [1.807, 2.05) is 0 Å². The number of aliphatic hydroxyl groups excluding tert-OH is 4. The monoisotopic (exact) mass is 426 g/mol. The normalized spacial score (nSPS) is 39.7. The third-order valence-corrected chi connectivity index (χ3v) is 2.96. The van der Waals surface area contributed by atoms with Crippen molar-refractivity contribution in [1.82, 2.24) is 0 Å². The number of phosphoric ester groups is 1. The molecule has 1 heterocycles. The van der Waals surface area contributed by atoms with Crippen molar-refractivity contribution >= 4 is 56.7 Å². The molecule has 10 nitrogen and oxygen atoms in total. The van der Waals surface area contributed by atoms with Gasteiger partial charge in [0.25, 0.3) is 0 Å². The molecule has 0 spiro atoms. The summed E-state index contributed by atoms with van der Waals surface area (Å²) in [6, 6.07) is 0. The van der Waals surface area contributed by atoms with Gasteiger partial charge in [0.1, 0.15) is 24.4 Å². The van der Waals surface area contributed by atoms with Gasteiger partial charge in [-0.2, -0.15) is 0 Å². The number of ether oxygens (including phenoxy) is 1. The second-order valence-electron chi connectivity index (χ2n) is 3.83. The van der Waals surface area contributed by atoms with E-state index in [1.165, 1.54) is 0 Å². The first-order valence-corrected chi connectivity index (χ1v) is 6.28. The van der Waals surface area contributed by atoms with Crippen LogP contribution in [0, 0.1) is 0 Å². The molecule has 0 aromatic rings. The third-order valence-electron chi connectivity index (χ3n) is 2.50. The molecule has 0 saturated carbocycles. The molecule has 0 aromatic carbocycles. The Balaban J connectivity index is 0.00000324. The molecule has 5 N–H and O–H groups in total. The van der Waals surface area contributed by atoms with Crippen LogP contribution in [0.2, 0.25) is 0 Å². The van der Waals surface area contributed by atoms with Crippen LogP contribution in [0.15, 0.2) is 0 Å². The van der Waals surface area contributed by atoms with Crippen molar-refractivity contribution in [2.24, 2.45) is 0 Å². The third kappa shape index (κ3) is 5.29. The van der Waals surface area contributed by atoms with E-state index in [9.17, 15) is 34.8 Å². The molecule has 19 heavy (non-hydrogen) atoms. The van der Waals surface area contributed by atoms with E-state index in [-0.39, 0.29) is 48.9 Å². The van der Waals surface area contributed by atoms with Crippen LogP contribution in [0.4, 0.5) is 0 Å². The number of aliphatic hydroxyl groups is 5. The van der Waals surface area contributed by atoms with Crippen LogP contribution in [0.1, 0.15) is 0 Å². The molecule has 1 rings (SSSR count). The van der Waals surface area contributed by atoms with Crippen molar-refractivity contribution in [2.75, 3.05) is 13.2 Å². The van der Waals surface area contributed by atoms with E-state index < -0.39 is 51.2 Å². The minimum atomic E-state index is -5.32. The zero-order valence-corrected chi connectivity index (χ0v) is 15.0. The van der Waals surface area contributed by atoms with E-state index in [2.05, 4.69) is 9.26 Å². The van der Waals surface area contributed by atoms with Crippen LogP contribution in [0.25, 0.3) is 0 Å². The van der Waals surface area contributed by atoms with Crippen LogP contribution in [-0.2, 0) is 13.8 Å².